The molecule has 66 heavy (non-hydrogen) atoms. The largest absolute Gasteiger partial charge is 0.385 e. The Hall–Kier alpha value is -5.76. The minimum Gasteiger partial charge on any atom is -0.385 e. The molecule has 6 aromatic rings. The number of aromatic nitrogens is 1. The first-order valence-electron chi connectivity index (χ1n) is 23.7. The normalized spacial score (nSPS) is 12.6. The highest BCUT2D eigenvalue weighted by atomic mass is 16.1. The van der Waals surface area contributed by atoms with E-state index in [0.717, 1.165) is 122 Å². The predicted octanol–water partition coefficient (Wildman–Crippen LogP) is 8.38. The van der Waals surface area contributed by atoms with Gasteiger partial charge in [-0.1, -0.05) is 19.1 Å². The minimum atomic E-state index is -0.0329. The zero-order valence-corrected chi connectivity index (χ0v) is 40.9. The van der Waals surface area contributed by atoms with Crippen LogP contribution < -0.4 is 36.5 Å². The molecule has 6 N–H and O–H groups in total. The smallest absolute Gasteiger partial charge is 0.197 e. The SMILES string of the molecule is CCNC[N+](C)(C)c1cc(NCCCN(C)C)cc(Nc2ccc3c(c2)C(=O)c2cc4[nH]c5ccc(Cc6cc(NCCCN(C)C)cc(NCCCN(C)C)c6)cc5c(=O)c4cc2C3)c1. The Morgan fingerprint density at radius 1 is 0.576 bits per heavy atom. The van der Waals surface area contributed by atoms with Crippen LogP contribution in [0.25, 0.3) is 21.8 Å². The highest BCUT2D eigenvalue weighted by Crippen LogP contribution is 2.35. The summed E-state index contributed by atoms with van der Waals surface area (Å²) in [7, 11) is 17.0. The number of carbonyl (C=O) groups excluding carboxylic acids is 1. The van der Waals surface area contributed by atoms with E-state index in [4.69, 9.17) is 0 Å². The van der Waals surface area contributed by atoms with Crippen molar-refractivity contribution in [2.24, 2.45) is 0 Å². The highest BCUT2D eigenvalue weighted by Gasteiger charge is 2.26. The van der Waals surface area contributed by atoms with E-state index in [1.807, 2.05) is 36.4 Å². The number of quaternary nitrogens is 1. The highest BCUT2D eigenvalue weighted by molar-refractivity contribution is 6.14. The van der Waals surface area contributed by atoms with E-state index >= 15 is 0 Å². The number of pyridine rings is 1. The van der Waals surface area contributed by atoms with Gasteiger partial charge < -0.3 is 41.0 Å². The lowest BCUT2D eigenvalue weighted by molar-refractivity contribution is 0.103. The Morgan fingerprint density at radius 3 is 1.77 bits per heavy atom. The molecule has 0 aliphatic heterocycles. The maximum atomic E-state index is 14.4. The molecule has 0 unspecified atom stereocenters. The molecule has 0 spiro atoms. The van der Waals surface area contributed by atoms with Gasteiger partial charge in [-0.2, -0.15) is 0 Å². The first-order chi connectivity index (χ1) is 31.6. The van der Waals surface area contributed by atoms with Crippen molar-refractivity contribution < 1.29 is 4.79 Å². The topological polar surface area (TPSA) is 120 Å². The van der Waals surface area contributed by atoms with Crippen molar-refractivity contribution >= 4 is 61.7 Å². The molecule has 0 saturated carbocycles. The second-order valence-corrected chi connectivity index (χ2v) is 19.5. The Balaban J connectivity index is 1.12. The summed E-state index contributed by atoms with van der Waals surface area (Å²) in [5.41, 5.74) is 13.0. The van der Waals surface area contributed by atoms with Gasteiger partial charge in [0, 0.05) is 87.6 Å². The number of nitrogens with zero attached hydrogens (tertiary/aromatic N) is 4. The fraction of sp³-hybridized carbons (Fsp3) is 0.407. The van der Waals surface area contributed by atoms with Gasteiger partial charge in [-0.15, -0.1) is 0 Å². The Labute approximate surface area is 392 Å². The Bertz CT molecular complexity index is 2670. The van der Waals surface area contributed by atoms with Gasteiger partial charge in [0.2, 0.25) is 0 Å². The number of carbonyl (C=O) groups is 1. The van der Waals surface area contributed by atoms with Crippen LogP contribution in [0, 0.1) is 0 Å². The molecule has 0 bridgehead atoms. The van der Waals surface area contributed by atoms with E-state index in [1.165, 1.54) is 11.3 Å². The number of hydrogen-bond donors (Lipinski definition) is 6. The first kappa shape index (κ1) is 48.2. The number of nitrogens with one attached hydrogen (secondary N) is 6. The average molecular weight is 894 g/mol. The molecule has 0 fully saturated rings. The standard InChI is InChI=1S/C54H72N10O2/c1-10-55-36-64(8,9)46-32-44(58-20-13-23-63(6)7)31-45(33-46)59-41-16-15-39-28-40-29-50-52(35-48(40)53(65)47(39)34-41)60-51-17-14-37(27-49(51)54(50)66)24-38-25-42(56-18-11-21-61(2)3)30-43(26-38)57-19-12-22-62(4)5/h14-17,25-27,29-35,55-59H,10-13,18-24,28,36H2,1-9H3/p+1. The van der Waals surface area contributed by atoms with Gasteiger partial charge in [0.1, 0.15) is 12.4 Å². The molecular weight excluding hydrogens is 821 g/mol. The van der Waals surface area contributed by atoms with E-state index in [2.05, 4.69) is 158 Å². The zero-order valence-electron chi connectivity index (χ0n) is 40.9. The summed E-state index contributed by atoms with van der Waals surface area (Å²) in [6.45, 7) is 9.53. The number of aromatic amines is 1. The van der Waals surface area contributed by atoms with Crippen LogP contribution in [0.4, 0.5) is 34.1 Å². The van der Waals surface area contributed by atoms with Gasteiger partial charge >= 0.3 is 0 Å². The molecule has 0 saturated heterocycles. The van der Waals surface area contributed by atoms with Crippen molar-refractivity contribution in [2.75, 3.05) is 130 Å². The maximum Gasteiger partial charge on any atom is 0.197 e. The van der Waals surface area contributed by atoms with Gasteiger partial charge in [-0.3, -0.25) is 19.4 Å². The third kappa shape index (κ3) is 12.4. The van der Waals surface area contributed by atoms with E-state index in [0.29, 0.717) is 44.7 Å². The van der Waals surface area contributed by atoms with Crippen LogP contribution in [0.1, 0.15) is 64.4 Å². The molecule has 0 radical (unpaired) electrons. The van der Waals surface area contributed by atoms with Gasteiger partial charge in [-0.05, 0) is 183 Å². The van der Waals surface area contributed by atoms with Crippen LogP contribution >= 0.6 is 0 Å². The summed E-state index contributed by atoms with van der Waals surface area (Å²) >= 11 is 0. The summed E-state index contributed by atoms with van der Waals surface area (Å²) in [4.78, 5) is 38.8. The van der Waals surface area contributed by atoms with Crippen molar-refractivity contribution in [2.45, 2.75) is 39.0 Å². The quantitative estimate of drug-likeness (QED) is 0.0162. The van der Waals surface area contributed by atoms with Gasteiger partial charge in [-0.25, -0.2) is 0 Å². The first-order valence-corrected chi connectivity index (χ1v) is 23.7. The second-order valence-electron chi connectivity index (χ2n) is 19.5. The fourth-order valence-corrected chi connectivity index (χ4v) is 8.85. The monoisotopic (exact) mass is 894 g/mol. The number of fused-ring (bicyclic) bond motifs is 4. The van der Waals surface area contributed by atoms with E-state index in [9.17, 15) is 9.59 Å². The zero-order chi connectivity index (χ0) is 47.0. The molecule has 0 atom stereocenters. The number of anilines is 5. The summed E-state index contributed by atoms with van der Waals surface area (Å²) in [6, 6.07) is 29.3. The van der Waals surface area contributed by atoms with Crippen molar-refractivity contribution in [3.8, 4) is 0 Å². The van der Waals surface area contributed by atoms with Crippen molar-refractivity contribution in [1.29, 1.82) is 0 Å². The number of H-pyrrole nitrogens is 1. The van der Waals surface area contributed by atoms with Crippen molar-refractivity contribution in [3.05, 3.63) is 129 Å². The van der Waals surface area contributed by atoms with Crippen molar-refractivity contribution in [1.82, 2.24) is 29.5 Å². The minimum absolute atomic E-state index is 0.0261. The second kappa shape index (κ2) is 21.7. The van der Waals surface area contributed by atoms with Crippen LogP contribution in [-0.4, -0.2) is 134 Å². The molecule has 5 aromatic carbocycles. The third-order valence-corrected chi connectivity index (χ3v) is 12.5. The predicted molar refractivity (Wildman–Crippen MR) is 281 cm³/mol. The molecule has 1 aliphatic carbocycles. The average Bonchev–Trinajstić information content (AvgIpc) is 3.27. The molecule has 1 aliphatic rings. The molecule has 1 aromatic heterocycles. The third-order valence-electron chi connectivity index (χ3n) is 12.5. The summed E-state index contributed by atoms with van der Waals surface area (Å²) < 4.78 is 0.669. The number of benzene rings is 5. The van der Waals surface area contributed by atoms with E-state index in [1.54, 1.807) is 0 Å². The fourth-order valence-electron chi connectivity index (χ4n) is 8.85. The lowest BCUT2D eigenvalue weighted by atomic mass is 9.84. The number of rotatable bonds is 23. The lowest BCUT2D eigenvalue weighted by Crippen LogP contribution is -2.47. The van der Waals surface area contributed by atoms with Gasteiger partial charge in [0.25, 0.3) is 0 Å². The molecule has 12 heteroatoms. The summed E-state index contributed by atoms with van der Waals surface area (Å²) in [6.07, 6.45) is 4.40. The van der Waals surface area contributed by atoms with Gasteiger partial charge in [0.15, 0.2) is 11.2 Å². The van der Waals surface area contributed by atoms with Crippen LogP contribution in [0.5, 0.6) is 0 Å². The molecule has 12 nitrogen and oxygen atoms in total. The lowest BCUT2D eigenvalue weighted by Gasteiger charge is -2.30. The van der Waals surface area contributed by atoms with Crippen LogP contribution in [-0.2, 0) is 12.8 Å². The molecular formula is C54H73N10O2+. The van der Waals surface area contributed by atoms with E-state index < -0.39 is 0 Å². The molecule has 0 amide bonds. The van der Waals surface area contributed by atoms with E-state index in [-0.39, 0.29) is 11.2 Å². The molecule has 1 heterocycles. The Kier molecular flexibility index (Phi) is 15.8. The van der Waals surface area contributed by atoms with Crippen LogP contribution in [0.2, 0.25) is 0 Å². The summed E-state index contributed by atoms with van der Waals surface area (Å²) in [5.74, 6) is -0.0329. The van der Waals surface area contributed by atoms with Crippen molar-refractivity contribution in [3.63, 3.8) is 0 Å². The van der Waals surface area contributed by atoms with Crippen LogP contribution in [0.3, 0.4) is 0 Å². The van der Waals surface area contributed by atoms with Crippen LogP contribution in [0.15, 0.2) is 89.7 Å². The maximum absolute atomic E-state index is 14.4. The summed E-state index contributed by atoms with van der Waals surface area (Å²) in [5, 5.41) is 19.3. The molecule has 350 valence electrons. The molecule has 7 rings (SSSR count). The van der Waals surface area contributed by atoms with Gasteiger partial charge in [0.05, 0.1) is 19.6 Å². The number of ketones is 1. The Morgan fingerprint density at radius 2 is 1.15 bits per heavy atom. The number of hydrogen-bond acceptors (Lipinski definition) is 10.